The van der Waals surface area contributed by atoms with Gasteiger partial charge < -0.3 is 35.0 Å². The zero-order valence-electron chi connectivity index (χ0n) is 22.3. The number of aliphatic hydroxyl groups is 2. The highest BCUT2D eigenvalue weighted by Gasteiger charge is 2.46. The third-order valence-electron chi connectivity index (χ3n) is 6.46. The minimum atomic E-state index is -5.23. The van der Waals surface area contributed by atoms with Gasteiger partial charge in [-0.2, -0.15) is 9.29 Å². The number of H-pyrrole nitrogens is 1. The number of nitrogens with zero attached hydrogens (tertiary/aromatic N) is 5. The molecule has 232 valence electrons. The van der Waals surface area contributed by atoms with Crippen LogP contribution in [0, 0.1) is 0 Å². The lowest BCUT2D eigenvalue weighted by Gasteiger charge is -2.19. The number of imidazole rings is 2. The Morgan fingerprint density at radius 3 is 2.56 bits per heavy atom. The number of rotatable bonds is 13. The Hall–Kier alpha value is -3.28. The highest BCUT2D eigenvalue weighted by molar-refractivity contribution is 7.61. The molecule has 1 aromatic carbocycles. The minimum Gasteiger partial charge on any atom is -0.387 e. The quantitative estimate of drug-likeness (QED) is 0.109. The van der Waals surface area contributed by atoms with E-state index >= 15 is 0 Å². The highest BCUT2D eigenvalue weighted by Crippen LogP contribution is 2.60. The fourth-order valence-corrected chi connectivity index (χ4v) is 6.48. The van der Waals surface area contributed by atoms with Crippen LogP contribution in [0.2, 0.25) is 0 Å². The van der Waals surface area contributed by atoms with Gasteiger partial charge in [0.15, 0.2) is 17.4 Å². The monoisotopic (exact) mass is 641 g/mol. The molecule has 1 aliphatic rings. The number of phosphoric ester groups is 2. The van der Waals surface area contributed by atoms with Gasteiger partial charge in [-0.3, -0.25) is 23.4 Å². The zero-order valence-corrected chi connectivity index (χ0v) is 24.1. The Morgan fingerprint density at radius 1 is 1.05 bits per heavy atom. The van der Waals surface area contributed by atoms with Gasteiger partial charge in [0.25, 0.3) is 5.56 Å². The summed E-state index contributed by atoms with van der Waals surface area (Å²) in [4.78, 5) is 46.2. The van der Waals surface area contributed by atoms with Crippen LogP contribution >= 0.6 is 15.6 Å². The van der Waals surface area contributed by atoms with Gasteiger partial charge in [0.2, 0.25) is 5.95 Å². The Labute approximate surface area is 242 Å². The standard InChI is InChI=1S/C23H29N7O11P2/c24-23-27-20-17(21(33)28-23)26-13-30(20)22-19(32)18(31)16(40-22)11-39-43(36,37)41-42(34,35)38-10-15-9-29(12-25-15)8-4-7-14-5-2-1-3-6-14/h1-3,5-6,9,12-13,16,18-19,22,31-32H,4,7-8,10-11H2,(H,34,35)(H,36,37)(H3,24,27,28,33)/t16-,18-,19-,22-/m1/s1. The first-order valence-corrected chi connectivity index (χ1v) is 15.8. The van der Waals surface area contributed by atoms with Gasteiger partial charge in [-0.1, -0.05) is 30.3 Å². The third-order valence-corrected chi connectivity index (χ3v) is 9.04. The third kappa shape index (κ3) is 7.63. The number of aromatic nitrogens is 6. The molecule has 0 radical (unpaired) electrons. The normalized spacial score (nSPS) is 23.3. The summed E-state index contributed by atoms with van der Waals surface area (Å²) in [6, 6.07) is 9.92. The maximum Gasteiger partial charge on any atom is 0.481 e. The number of aryl methyl sites for hydroxylation is 2. The lowest BCUT2D eigenvalue weighted by atomic mass is 10.1. The number of hydrogen-bond donors (Lipinski definition) is 6. The SMILES string of the molecule is Nc1nc2c(ncn2[C@@H]2O[C@H](COP(=O)(O)OP(=O)(O)OCc3cn(CCCc4ccccc4)cn3)[C@@H](O)[C@H]2O)c(=O)[nH]1. The summed E-state index contributed by atoms with van der Waals surface area (Å²) in [6.07, 6.45) is -0.0801. The van der Waals surface area contributed by atoms with Crippen LogP contribution in [0.4, 0.5) is 5.95 Å². The molecule has 1 saturated heterocycles. The molecule has 6 atom stereocenters. The van der Waals surface area contributed by atoms with Crippen LogP contribution in [0.5, 0.6) is 0 Å². The first-order chi connectivity index (χ1) is 20.4. The second-order valence-electron chi connectivity index (χ2n) is 9.60. The molecule has 3 aromatic heterocycles. The number of anilines is 1. The minimum absolute atomic E-state index is 0.0504. The molecule has 20 heteroatoms. The number of aliphatic hydroxyl groups excluding tert-OH is 2. The lowest BCUT2D eigenvalue weighted by Crippen LogP contribution is -2.33. The average molecular weight is 641 g/mol. The summed E-state index contributed by atoms with van der Waals surface area (Å²) < 4.78 is 47.1. The Kier molecular flexibility index (Phi) is 9.24. The number of ether oxygens (including phenoxy) is 1. The molecular weight excluding hydrogens is 612 g/mol. The van der Waals surface area contributed by atoms with Crippen molar-refractivity contribution in [3.63, 3.8) is 0 Å². The van der Waals surface area contributed by atoms with Gasteiger partial charge in [0.05, 0.1) is 25.0 Å². The number of aromatic amines is 1. The van der Waals surface area contributed by atoms with E-state index in [4.69, 9.17) is 19.5 Å². The number of fused-ring (bicyclic) bond motifs is 1. The summed E-state index contributed by atoms with van der Waals surface area (Å²) in [5.41, 5.74) is 6.23. The molecule has 0 amide bonds. The molecular formula is C23H29N7O11P2. The Balaban J connectivity index is 1.11. The number of benzene rings is 1. The molecule has 7 N–H and O–H groups in total. The van der Waals surface area contributed by atoms with Gasteiger partial charge in [0, 0.05) is 12.7 Å². The molecule has 0 aliphatic carbocycles. The molecule has 4 heterocycles. The van der Waals surface area contributed by atoms with E-state index in [2.05, 4.69) is 24.2 Å². The number of nitrogens with two attached hydrogens (primary N) is 1. The maximum atomic E-state index is 12.4. The van der Waals surface area contributed by atoms with Gasteiger partial charge >= 0.3 is 15.6 Å². The van der Waals surface area contributed by atoms with Crippen LogP contribution < -0.4 is 11.3 Å². The predicted molar refractivity (Wildman–Crippen MR) is 147 cm³/mol. The molecule has 2 unspecified atom stereocenters. The molecule has 0 bridgehead atoms. The summed E-state index contributed by atoms with van der Waals surface area (Å²) in [6.45, 7) is -0.712. The summed E-state index contributed by atoms with van der Waals surface area (Å²) in [7, 11) is -10.3. The fraction of sp³-hybridized carbons (Fsp3) is 0.391. The second-order valence-corrected chi connectivity index (χ2v) is 12.6. The van der Waals surface area contributed by atoms with Crippen LogP contribution in [0.25, 0.3) is 11.2 Å². The topological polar surface area (TPSA) is 259 Å². The first kappa shape index (κ1) is 31.2. The zero-order chi connectivity index (χ0) is 30.8. The predicted octanol–water partition coefficient (Wildman–Crippen LogP) is 0.601. The van der Waals surface area contributed by atoms with Crippen molar-refractivity contribution < 1.29 is 47.2 Å². The van der Waals surface area contributed by atoms with Gasteiger partial charge in [-0.05, 0) is 18.4 Å². The molecule has 0 saturated carbocycles. The van der Waals surface area contributed by atoms with Crippen LogP contribution in [0.15, 0.2) is 54.0 Å². The Morgan fingerprint density at radius 2 is 1.79 bits per heavy atom. The number of hydrogen-bond acceptors (Lipinski definition) is 13. The van der Waals surface area contributed by atoms with E-state index in [0.29, 0.717) is 6.54 Å². The molecule has 0 spiro atoms. The van der Waals surface area contributed by atoms with Crippen LogP contribution in [-0.4, -0.2) is 74.0 Å². The van der Waals surface area contributed by atoms with E-state index in [1.807, 2.05) is 30.3 Å². The first-order valence-electron chi connectivity index (χ1n) is 12.9. The van der Waals surface area contributed by atoms with Gasteiger partial charge in [0.1, 0.15) is 24.9 Å². The molecule has 18 nitrogen and oxygen atoms in total. The van der Waals surface area contributed by atoms with E-state index in [-0.39, 0.29) is 22.8 Å². The van der Waals surface area contributed by atoms with Crippen LogP contribution in [0.1, 0.15) is 23.9 Å². The number of nitrogen functional groups attached to an aromatic ring is 1. The summed E-state index contributed by atoms with van der Waals surface area (Å²) >= 11 is 0. The van der Waals surface area contributed by atoms with Crippen molar-refractivity contribution in [3.05, 3.63) is 70.8 Å². The van der Waals surface area contributed by atoms with Crippen molar-refractivity contribution in [1.82, 2.24) is 29.1 Å². The average Bonchev–Trinajstić information content (AvgIpc) is 3.65. The largest absolute Gasteiger partial charge is 0.481 e. The molecule has 43 heavy (non-hydrogen) atoms. The van der Waals surface area contributed by atoms with Crippen LogP contribution in [-0.2, 0) is 46.8 Å². The van der Waals surface area contributed by atoms with Gasteiger partial charge in [-0.15, -0.1) is 0 Å². The maximum absolute atomic E-state index is 12.4. The van der Waals surface area contributed by atoms with Crippen molar-refractivity contribution in [2.45, 2.75) is 50.5 Å². The molecule has 1 aliphatic heterocycles. The number of phosphoric acid groups is 2. The Bertz CT molecular complexity index is 1710. The van der Waals surface area contributed by atoms with Crippen molar-refractivity contribution in [1.29, 1.82) is 0 Å². The number of nitrogens with one attached hydrogen (secondary N) is 1. The molecule has 1 fully saturated rings. The van der Waals surface area contributed by atoms with E-state index in [1.54, 1.807) is 10.8 Å². The summed E-state index contributed by atoms with van der Waals surface area (Å²) in [5, 5.41) is 20.9. The van der Waals surface area contributed by atoms with E-state index in [0.717, 1.165) is 23.7 Å². The van der Waals surface area contributed by atoms with Crippen molar-refractivity contribution >= 4 is 32.8 Å². The van der Waals surface area contributed by atoms with Crippen molar-refractivity contribution in [3.8, 4) is 0 Å². The molecule has 4 aromatic rings. The van der Waals surface area contributed by atoms with Crippen LogP contribution in [0.3, 0.4) is 0 Å². The highest BCUT2D eigenvalue weighted by atomic mass is 31.3. The second kappa shape index (κ2) is 12.8. The smallest absolute Gasteiger partial charge is 0.387 e. The van der Waals surface area contributed by atoms with E-state index < -0.39 is 59.0 Å². The molecule has 5 rings (SSSR count). The lowest BCUT2D eigenvalue weighted by molar-refractivity contribution is -0.0504. The van der Waals surface area contributed by atoms with Crippen molar-refractivity contribution in [2.24, 2.45) is 0 Å². The van der Waals surface area contributed by atoms with E-state index in [9.17, 15) is 33.9 Å². The fourth-order valence-electron chi connectivity index (χ4n) is 4.43. The van der Waals surface area contributed by atoms with E-state index in [1.165, 1.54) is 11.9 Å². The summed E-state index contributed by atoms with van der Waals surface area (Å²) in [5.74, 6) is -0.228. The van der Waals surface area contributed by atoms with Crippen molar-refractivity contribution in [2.75, 3.05) is 12.3 Å². The van der Waals surface area contributed by atoms with Gasteiger partial charge in [-0.25, -0.2) is 19.1 Å².